The van der Waals surface area contributed by atoms with E-state index >= 15 is 0 Å². The minimum atomic E-state index is 0.613. The molecule has 0 unspecified atom stereocenters. The topological polar surface area (TPSA) is 43.6 Å². The van der Waals surface area contributed by atoms with Crippen molar-refractivity contribution in [1.82, 2.24) is 19.5 Å². The monoisotopic (exact) mass is 906 g/mol. The number of nitrogens with zero attached hydrogens (tertiary/aromatic N) is 4. The number of aromatic nitrogens is 4. The van der Waals surface area contributed by atoms with Gasteiger partial charge in [-0.2, -0.15) is 0 Å². The molecule has 0 N–H and O–H groups in total. The fourth-order valence-electron chi connectivity index (χ4n) is 11.2. The van der Waals surface area contributed by atoms with Crippen LogP contribution in [-0.4, -0.2) is 19.5 Å². The van der Waals surface area contributed by atoms with E-state index in [0.29, 0.717) is 17.5 Å². The van der Waals surface area contributed by atoms with Gasteiger partial charge in [0.2, 0.25) is 0 Å². The second-order valence-corrected chi connectivity index (χ2v) is 19.3. The Morgan fingerprint density at radius 3 is 1.63 bits per heavy atom. The minimum absolute atomic E-state index is 0.613. The molecule has 5 heteroatoms. The summed E-state index contributed by atoms with van der Waals surface area (Å²) in [6, 6.07) is 83.5. The molecule has 3 aromatic heterocycles. The van der Waals surface area contributed by atoms with Gasteiger partial charge in [0.05, 0.1) is 11.0 Å². The Hall–Kier alpha value is -9.03. The van der Waals surface area contributed by atoms with E-state index < -0.39 is 0 Å². The van der Waals surface area contributed by atoms with Crippen LogP contribution in [0.15, 0.2) is 231 Å². The summed E-state index contributed by atoms with van der Waals surface area (Å²) in [4.78, 5) is 16.6. The first-order valence-corrected chi connectivity index (χ1v) is 24.6. The molecule has 0 amide bonds. The zero-order valence-corrected chi connectivity index (χ0v) is 38.5. The van der Waals surface area contributed by atoms with Gasteiger partial charge in [-0.05, 0) is 114 Å². The molecule has 0 saturated heterocycles. The third-order valence-corrected chi connectivity index (χ3v) is 15.5. The molecule has 0 aliphatic heterocycles. The zero-order valence-electron chi connectivity index (χ0n) is 37.6. The molecule has 4 nitrogen and oxygen atoms in total. The molecular weight excluding hydrogens is 869 g/mol. The summed E-state index contributed by atoms with van der Waals surface area (Å²) in [5.74, 6) is 1.86. The van der Waals surface area contributed by atoms with Gasteiger partial charge in [0.15, 0.2) is 17.5 Å². The van der Waals surface area contributed by atoms with Gasteiger partial charge >= 0.3 is 0 Å². The number of fused-ring (bicyclic) bond motifs is 14. The number of rotatable bonds is 5. The molecule has 324 valence electrons. The van der Waals surface area contributed by atoms with Gasteiger partial charge in [0, 0.05) is 58.7 Å². The normalized spacial score (nSPS) is 12.0. The van der Waals surface area contributed by atoms with Gasteiger partial charge in [-0.25, -0.2) is 15.0 Å². The van der Waals surface area contributed by atoms with Gasteiger partial charge in [0.1, 0.15) is 0 Å². The summed E-state index contributed by atoms with van der Waals surface area (Å²) in [6.07, 6.45) is 0. The van der Waals surface area contributed by atoms with Crippen LogP contribution in [0.4, 0.5) is 0 Å². The van der Waals surface area contributed by atoms with Crippen molar-refractivity contribution >= 4 is 107 Å². The van der Waals surface area contributed by atoms with Crippen LogP contribution in [0, 0.1) is 0 Å². The standard InChI is InChI=1S/C65H38N4S/c1-2-16-40-35-43(32-31-39(40)15-1)63-66-64(68-65(67-63)54-27-13-25-50-47-20-6-5-19-45(47)46-21-7-8-23-49(46)61(50)54)52-34-33-44(38-55(52)51-26-14-30-60-62(51)53-24-10-12-29-59(53)70-60)69-57-28-11-9-22-48(57)56-36-41-17-3-4-18-42(41)37-58(56)69/h1-38H. The lowest BCUT2D eigenvalue weighted by molar-refractivity contribution is 1.08. The van der Waals surface area contributed by atoms with Gasteiger partial charge in [-0.15, -0.1) is 11.3 Å². The predicted molar refractivity (Wildman–Crippen MR) is 296 cm³/mol. The van der Waals surface area contributed by atoms with E-state index in [9.17, 15) is 0 Å². The smallest absolute Gasteiger partial charge is 0.164 e. The summed E-state index contributed by atoms with van der Waals surface area (Å²) in [5, 5.41) is 16.7. The Bertz CT molecular complexity index is 4630. The molecule has 0 aliphatic rings. The van der Waals surface area contributed by atoms with Crippen molar-refractivity contribution in [2.24, 2.45) is 0 Å². The maximum atomic E-state index is 5.61. The first-order chi connectivity index (χ1) is 34.7. The molecule has 0 aliphatic carbocycles. The average Bonchev–Trinajstić information content (AvgIpc) is 3.97. The summed E-state index contributed by atoms with van der Waals surface area (Å²) >= 11 is 1.84. The molecule has 15 rings (SSSR count). The lowest BCUT2D eigenvalue weighted by Crippen LogP contribution is -2.03. The van der Waals surface area contributed by atoms with Crippen molar-refractivity contribution in [3.8, 4) is 51.0 Å². The van der Waals surface area contributed by atoms with E-state index in [2.05, 4.69) is 235 Å². The van der Waals surface area contributed by atoms with Crippen LogP contribution in [-0.2, 0) is 0 Å². The van der Waals surface area contributed by atoms with Gasteiger partial charge < -0.3 is 4.57 Å². The molecule has 12 aromatic carbocycles. The molecular formula is C65H38N4S. The summed E-state index contributed by atoms with van der Waals surface area (Å²) in [5.41, 5.74) is 8.39. The zero-order chi connectivity index (χ0) is 45.9. The van der Waals surface area contributed by atoms with Crippen LogP contribution in [0.5, 0.6) is 0 Å². The highest BCUT2D eigenvalue weighted by atomic mass is 32.1. The van der Waals surface area contributed by atoms with Gasteiger partial charge in [-0.3, -0.25) is 0 Å². The number of hydrogen-bond donors (Lipinski definition) is 0. The van der Waals surface area contributed by atoms with Crippen molar-refractivity contribution in [3.05, 3.63) is 231 Å². The Balaban J connectivity index is 1.05. The van der Waals surface area contributed by atoms with Crippen LogP contribution in [0.2, 0.25) is 0 Å². The van der Waals surface area contributed by atoms with Crippen LogP contribution >= 0.6 is 11.3 Å². The molecule has 0 fully saturated rings. The quantitative estimate of drug-likeness (QED) is 0.162. The average molecular weight is 907 g/mol. The molecule has 15 aromatic rings. The number of thiophene rings is 1. The highest BCUT2D eigenvalue weighted by Gasteiger charge is 2.23. The van der Waals surface area contributed by atoms with E-state index in [1.54, 1.807) is 0 Å². The Labute approximate surface area is 406 Å². The molecule has 70 heavy (non-hydrogen) atoms. The third-order valence-electron chi connectivity index (χ3n) is 14.4. The van der Waals surface area contributed by atoms with Crippen LogP contribution < -0.4 is 0 Å². The first kappa shape index (κ1) is 39.0. The second-order valence-electron chi connectivity index (χ2n) is 18.3. The maximum Gasteiger partial charge on any atom is 0.164 e. The predicted octanol–water partition coefficient (Wildman–Crippen LogP) is 17.8. The van der Waals surface area contributed by atoms with Gasteiger partial charge in [0.25, 0.3) is 0 Å². The van der Waals surface area contributed by atoms with Gasteiger partial charge in [-0.1, -0.05) is 176 Å². The van der Waals surface area contributed by atoms with E-state index in [1.807, 2.05) is 11.3 Å². The molecule has 0 atom stereocenters. The van der Waals surface area contributed by atoms with Crippen LogP contribution in [0.1, 0.15) is 0 Å². The van der Waals surface area contributed by atoms with Crippen molar-refractivity contribution < 1.29 is 0 Å². The summed E-state index contributed by atoms with van der Waals surface area (Å²) < 4.78 is 4.93. The number of hydrogen-bond acceptors (Lipinski definition) is 4. The van der Waals surface area contributed by atoms with E-state index in [-0.39, 0.29) is 0 Å². The Morgan fingerprint density at radius 2 is 0.843 bits per heavy atom. The lowest BCUT2D eigenvalue weighted by Gasteiger charge is -2.17. The minimum Gasteiger partial charge on any atom is -0.309 e. The largest absolute Gasteiger partial charge is 0.309 e. The van der Waals surface area contributed by atoms with E-state index in [0.717, 1.165) is 55.3 Å². The van der Waals surface area contributed by atoms with E-state index in [4.69, 9.17) is 15.0 Å². The summed E-state index contributed by atoms with van der Waals surface area (Å²) in [6.45, 7) is 0. The highest BCUT2D eigenvalue weighted by Crippen LogP contribution is 2.46. The fraction of sp³-hybridized carbons (Fsp3) is 0. The number of benzene rings is 12. The van der Waals surface area contributed by atoms with Crippen molar-refractivity contribution in [1.29, 1.82) is 0 Å². The molecule has 0 saturated carbocycles. The molecule has 0 spiro atoms. The Kier molecular flexibility index (Phi) is 8.49. The van der Waals surface area contributed by atoms with Crippen molar-refractivity contribution in [3.63, 3.8) is 0 Å². The first-order valence-electron chi connectivity index (χ1n) is 23.8. The van der Waals surface area contributed by atoms with Crippen LogP contribution in [0.25, 0.3) is 147 Å². The van der Waals surface area contributed by atoms with E-state index in [1.165, 1.54) is 74.0 Å². The maximum absolute atomic E-state index is 5.61. The van der Waals surface area contributed by atoms with Crippen molar-refractivity contribution in [2.75, 3.05) is 0 Å². The lowest BCUT2D eigenvalue weighted by atomic mass is 9.91. The fourth-order valence-corrected chi connectivity index (χ4v) is 12.4. The molecule has 0 bridgehead atoms. The number of para-hydroxylation sites is 1. The highest BCUT2D eigenvalue weighted by molar-refractivity contribution is 7.25. The Morgan fingerprint density at radius 1 is 0.286 bits per heavy atom. The van der Waals surface area contributed by atoms with Crippen LogP contribution in [0.3, 0.4) is 0 Å². The second kappa shape index (κ2) is 15.2. The molecule has 0 radical (unpaired) electrons. The summed E-state index contributed by atoms with van der Waals surface area (Å²) in [7, 11) is 0. The SMILES string of the molecule is c1ccc2cc(-c3nc(-c4ccc(-n5c6ccccc6c6cc7ccccc7cc65)cc4-c4cccc5sc6ccccc6c45)nc(-c4cccc5c6ccccc6c6ccccc6c45)n3)ccc2c1. The third kappa shape index (κ3) is 5.92. The van der Waals surface area contributed by atoms with Crippen molar-refractivity contribution in [2.45, 2.75) is 0 Å². The molecule has 3 heterocycles.